The lowest BCUT2D eigenvalue weighted by molar-refractivity contribution is 0.203. The molecule has 1 aromatic carbocycles. The number of anilines is 1. The maximum absolute atomic E-state index is 10.8. The molecule has 0 fully saturated rings. The summed E-state index contributed by atoms with van der Waals surface area (Å²) in [6, 6.07) is 5.30. The summed E-state index contributed by atoms with van der Waals surface area (Å²) in [5.41, 5.74) is 2.54. The Labute approximate surface area is 79.8 Å². The molecule has 1 aromatic rings. The molecule has 14 heavy (non-hydrogen) atoms. The predicted octanol–water partition coefficient (Wildman–Crippen LogP) is 0.359. The number of nitrogens with two attached hydrogens (primary N) is 1. The van der Waals surface area contributed by atoms with Crippen LogP contribution in [0.25, 0.3) is 0 Å². The Morgan fingerprint density at radius 2 is 1.86 bits per heavy atom. The van der Waals surface area contributed by atoms with Crippen LogP contribution >= 0.6 is 0 Å². The molecule has 0 aliphatic heterocycles. The molecule has 7 nitrogen and oxygen atoms in total. The largest absolute Gasteiger partial charge is 0.238 e. The summed E-state index contributed by atoms with van der Waals surface area (Å²) in [4.78, 5) is 13.5. The number of hydrogen-bond donors (Lipinski definition) is 2. The lowest BCUT2D eigenvalue weighted by atomic mass is 10.3. The number of nitrogens with zero attached hydrogens (tertiary/aromatic N) is 1. The summed E-state index contributed by atoms with van der Waals surface area (Å²) in [6.07, 6.45) is 0. The molecule has 0 saturated carbocycles. The Balaban J connectivity index is 2.84. The van der Waals surface area contributed by atoms with E-state index in [0.717, 1.165) is 0 Å². The Morgan fingerprint density at radius 3 is 2.29 bits per heavy atom. The first-order chi connectivity index (χ1) is 6.54. The third-order valence-electron chi connectivity index (χ3n) is 1.38. The fourth-order valence-corrected chi connectivity index (χ4v) is 1.30. The molecule has 1 rings (SSSR count). The Kier molecular flexibility index (Phi) is 2.99. The molecule has 0 aliphatic rings. The highest BCUT2D eigenvalue weighted by molar-refractivity contribution is 7.89. The first-order valence-electron chi connectivity index (χ1n) is 3.41. The van der Waals surface area contributed by atoms with E-state index in [1.807, 2.05) is 0 Å². The average Bonchev–Trinajstić information content (AvgIpc) is 2.14. The average molecular weight is 217 g/mol. The van der Waals surface area contributed by atoms with E-state index in [1.165, 1.54) is 24.3 Å². The zero-order chi connectivity index (χ0) is 10.6. The molecular formula is C6H7N3O4S. The number of sulfonamides is 1. The van der Waals surface area contributed by atoms with Crippen molar-refractivity contribution in [2.75, 3.05) is 5.48 Å². The van der Waals surface area contributed by atoms with Crippen LogP contribution in [-0.2, 0) is 15.0 Å². The minimum Gasteiger partial charge on any atom is -0.232 e. The zero-order valence-corrected chi connectivity index (χ0v) is 7.69. The molecular weight excluding hydrogens is 210 g/mol. The lowest BCUT2D eigenvalue weighted by Crippen LogP contribution is -2.11. The van der Waals surface area contributed by atoms with Gasteiger partial charge in [-0.2, -0.15) is 5.48 Å². The summed E-state index contributed by atoms with van der Waals surface area (Å²) >= 11 is 0. The lowest BCUT2D eigenvalue weighted by Gasteiger charge is -2.01. The van der Waals surface area contributed by atoms with Gasteiger partial charge in [-0.15, -0.1) is 4.91 Å². The predicted molar refractivity (Wildman–Crippen MR) is 48.3 cm³/mol. The maximum atomic E-state index is 10.8. The Hall–Kier alpha value is -1.67. The van der Waals surface area contributed by atoms with Crippen molar-refractivity contribution >= 4 is 15.7 Å². The van der Waals surface area contributed by atoms with Crippen LogP contribution in [0.2, 0.25) is 0 Å². The minimum atomic E-state index is -3.69. The van der Waals surface area contributed by atoms with Crippen molar-refractivity contribution in [3.05, 3.63) is 29.2 Å². The summed E-state index contributed by atoms with van der Waals surface area (Å²) in [7, 11) is -3.69. The van der Waals surface area contributed by atoms with Crippen LogP contribution in [-0.4, -0.2) is 8.42 Å². The fourth-order valence-electron chi connectivity index (χ4n) is 0.784. The second kappa shape index (κ2) is 4.03. The van der Waals surface area contributed by atoms with Crippen molar-refractivity contribution in [3.63, 3.8) is 0 Å². The van der Waals surface area contributed by atoms with Crippen LogP contribution in [0, 0.1) is 4.91 Å². The van der Waals surface area contributed by atoms with Crippen molar-refractivity contribution in [2.45, 2.75) is 4.90 Å². The van der Waals surface area contributed by atoms with Gasteiger partial charge in [0.2, 0.25) is 10.0 Å². The smallest absolute Gasteiger partial charge is 0.232 e. The van der Waals surface area contributed by atoms with Gasteiger partial charge in [0, 0.05) is 0 Å². The van der Waals surface area contributed by atoms with Gasteiger partial charge < -0.3 is 0 Å². The summed E-state index contributed by atoms with van der Waals surface area (Å²) in [5, 5.41) is 6.96. The molecule has 0 aromatic heterocycles. The van der Waals surface area contributed by atoms with Crippen molar-refractivity contribution in [3.8, 4) is 0 Å². The van der Waals surface area contributed by atoms with E-state index in [0.29, 0.717) is 5.69 Å². The number of nitrogens with one attached hydrogen (secondary N) is 1. The molecule has 0 bridgehead atoms. The second-order valence-corrected chi connectivity index (χ2v) is 3.90. The van der Waals surface area contributed by atoms with Crippen LogP contribution in [0.4, 0.5) is 5.69 Å². The molecule has 0 aliphatic carbocycles. The quantitative estimate of drug-likeness (QED) is 0.558. The number of hydrogen-bond acceptors (Lipinski definition) is 6. The fraction of sp³-hybridized carbons (Fsp3) is 0. The molecule has 0 heterocycles. The molecule has 0 unspecified atom stereocenters. The van der Waals surface area contributed by atoms with Gasteiger partial charge in [-0.3, -0.25) is 0 Å². The topological polar surface area (TPSA) is 111 Å². The Bertz CT molecular complexity index is 413. The first-order valence-corrected chi connectivity index (χ1v) is 4.96. The van der Waals surface area contributed by atoms with E-state index in [2.05, 4.69) is 15.8 Å². The SMILES string of the molecule is NS(=O)(=O)c1ccc(NON=O)cc1. The monoisotopic (exact) mass is 217 g/mol. The van der Waals surface area contributed by atoms with Gasteiger partial charge in [-0.25, -0.2) is 18.5 Å². The number of primary sulfonamides is 1. The third kappa shape index (κ3) is 2.68. The van der Waals surface area contributed by atoms with Gasteiger partial charge in [0.05, 0.1) is 10.6 Å². The van der Waals surface area contributed by atoms with E-state index in [-0.39, 0.29) is 4.90 Å². The van der Waals surface area contributed by atoms with Crippen LogP contribution in [0.15, 0.2) is 34.5 Å². The minimum absolute atomic E-state index is 0.0258. The number of rotatable bonds is 4. The maximum Gasteiger partial charge on any atom is 0.238 e. The molecule has 0 spiro atoms. The van der Waals surface area contributed by atoms with Crippen molar-refractivity contribution in [1.82, 2.24) is 0 Å². The van der Waals surface area contributed by atoms with Crippen molar-refractivity contribution in [1.29, 1.82) is 0 Å². The van der Waals surface area contributed by atoms with Crippen LogP contribution in [0.5, 0.6) is 0 Å². The highest BCUT2D eigenvalue weighted by Gasteiger charge is 2.06. The van der Waals surface area contributed by atoms with Gasteiger partial charge in [-0.1, -0.05) is 0 Å². The first kappa shape index (κ1) is 10.4. The van der Waals surface area contributed by atoms with Crippen LogP contribution in [0.3, 0.4) is 0 Å². The summed E-state index contributed by atoms with van der Waals surface area (Å²) in [5.74, 6) is 0. The van der Waals surface area contributed by atoms with Gasteiger partial charge in [0.15, 0.2) is 5.34 Å². The van der Waals surface area contributed by atoms with E-state index in [9.17, 15) is 13.3 Å². The van der Waals surface area contributed by atoms with Crippen molar-refractivity contribution < 1.29 is 13.4 Å². The van der Waals surface area contributed by atoms with Gasteiger partial charge in [0.1, 0.15) is 0 Å². The molecule has 3 N–H and O–H groups in total. The van der Waals surface area contributed by atoms with E-state index < -0.39 is 10.0 Å². The normalized spacial score (nSPS) is 10.6. The van der Waals surface area contributed by atoms with Gasteiger partial charge in [-0.05, 0) is 24.3 Å². The van der Waals surface area contributed by atoms with E-state index in [4.69, 9.17) is 5.14 Å². The molecule has 0 saturated heterocycles. The molecule has 76 valence electrons. The molecule has 0 atom stereocenters. The number of benzene rings is 1. The second-order valence-electron chi connectivity index (χ2n) is 2.34. The summed E-state index contributed by atoms with van der Waals surface area (Å²) < 4.78 is 21.6. The van der Waals surface area contributed by atoms with Gasteiger partial charge >= 0.3 is 0 Å². The molecule has 8 heteroatoms. The molecule has 0 radical (unpaired) electrons. The zero-order valence-electron chi connectivity index (χ0n) is 6.88. The third-order valence-corrected chi connectivity index (χ3v) is 2.31. The highest BCUT2D eigenvalue weighted by atomic mass is 32.2. The van der Waals surface area contributed by atoms with Crippen LogP contribution < -0.4 is 10.6 Å². The van der Waals surface area contributed by atoms with Gasteiger partial charge in [0.25, 0.3) is 0 Å². The summed E-state index contributed by atoms with van der Waals surface area (Å²) in [6.45, 7) is 0. The van der Waals surface area contributed by atoms with Crippen LogP contribution in [0.1, 0.15) is 0 Å². The molecule has 0 amide bonds. The van der Waals surface area contributed by atoms with E-state index >= 15 is 0 Å². The van der Waals surface area contributed by atoms with E-state index in [1.54, 1.807) is 0 Å². The Morgan fingerprint density at radius 1 is 1.29 bits per heavy atom. The highest BCUT2D eigenvalue weighted by Crippen LogP contribution is 2.12. The van der Waals surface area contributed by atoms with Crippen molar-refractivity contribution in [2.24, 2.45) is 10.5 Å². The standard InChI is InChI=1S/C6H7N3O4S/c7-14(11,12)6-3-1-5(2-4-6)8-13-9-10/h1-4,8H,(H2,7,11,12).